The molecule has 0 unspecified atom stereocenters. The SMILES string of the molecule is CN=C(NCCNC(=O)c1ccccc1)NC1CCCCC1.I. The van der Waals surface area contributed by atoms with Gasteiger partial charge in [-0.2, -0.15) is 0 Å². The first-order valence-electron chi connectivity index (χ1n) is 8.10. The molecule has 0 aromatic heterocycles. The van der Waals surface area contributed by atoms with Gasteiger partial charge in [-0.05, 0) is 25.0 Å². The Morgan fingerprint density at radius 1 is 1.09 bits per heavy atom. The second kappa shape index (κ2) is 11.3. The summed E-state index contributed by atoms with van der Waals surface area (Å²) >= 11 is 0. The second-order valence-corrected chi connectivity index (χ2v) is 5.60. The summed E-state index contributed by atoms with van der Waals surface area (Å²) in [5, 5.41) is 9.60. The van der Waals surface area contributed by atoms with E-state index in [0.717, 1.165) is 5.96 Å². The normalized spacial score (nSPS) is 15.4. The standard InChI is InChI=1S/C17H26N4O.HI/c1-18-17(21-15-10-6-3-7-11-15)20-13-12-19-16(22)14-8-4-2-5-9-14;/h2,4-5,8-9,15H,3,6-7,10-13H2,1H3,(H,19,22)(H2,18,20,21);1H. The van der Waals surface area contributed by atoms with Crippen molar-refractivity contribution < 1.29 is 4.79 Å². The number of hydrogen-bond donors (Lipinski definition) is 3. The van der Waals surface area contributed by atoms with Crippen LogP contribution in [0, 0.1) is 0 Å². The summed E-state index contributed by atoms with van der Waals surface area (Å²) in [6.45, 7) is 1.23. The Morgan fingerprint density at radius 3 is 2.39 bits per heavy atom. The molecular formula is C17H27IN4O. The predicted molar refractivity (Wildman–Crippen MR) is 106 cm³/mol. The number of carbonyl (C=O) groups excluding carboxylic acids is 1. The van der Waals surface area contributed by atoms with E-state index in [-0.39, 0.29) is 29.9 Å². The third-order valence-electron chi connectivity index (χ3n) is 3.91. The highest BCUT2D eigenvalue weighted by atomic mass is 127. The van der Waals surface area contributed by atoms with Gasteiger partial charge in [0.05, 0.1) is 0 Å². The number of carbonyl (C=O) groups is 1. The van der Waals surface area contributed by atoms with E-state index in [0.29, 0.717) is 24.7 Å². The fraction of sp³-hybridized carbons (Fsp3) is 0.529. The van der Waals surface area contributed by atoms with Crippen LogP contribution in [0.2, 0.25) is 0 Å². The molecule has 128 valence electrons. The van der Waals surface area contributed by atoms with Crippen LogP contribution in [-0.2, 0) is 0 Å². The molecular weight excluding hydrogens is 403 g/mol. The Bertz CT molecular complexity index is 487. The van der Waals surface area contributed by atoms with Crippen LogP contribution in [0.3, 0.4) is 0 Å². The molecule has 6 heteroatoms. The van der Waals surface area contributed by atoms with Crippen LogP contribution < -0.4 is 16.0 Å². The summed E-state index contributed by atoms with van der Waals surface area (Å²) in [6.07, 6.45) is 6.36. The Balaban J connectivity index is 0.00000264. The van der Waals surface area contributed by atoms with Crippen LogP contribution >= 0.6 is 24.0 Å². The van der Waals surface area contributed by atoms with Crippen LogP contribution in [0.1, 0.15) is 42.5 Å². The number of nitrogens with zero attached hydrogens (tertiary/aromatic N) is 1. The fourth-order valence-electron chi connectivity index (χ4n) is 2.68. The molecule has 0 spiro atoms. The van der Waals surface area contributed by atoms with Gasteiger partial charge >= 0.3 is 0 Å². The van der Waals surface area contributed by atoms with Crippen LogP contribution in [0.4, 0.5) is 0 Å². The molecule has 3 N–H and O–H groups in total. The van der Waals surface area contributed by atoms with Gasteiger partial charge in [0.2, 0.25) is 0 Å². The van der Waals surface area contributed by atoms with Gasteiger partial charge in [0.15, 0.2) is 5.96 Å². The number of halogens is 1. The van der Waals surface area contributed by atoms with E-state index in [9.17, 15) is 4.79 Å². The summed E-state index contributed by atoms with van der Waals surface area (Å²) in [7, 11) is 1.78. The number of nitrogens with one attached hydrogen (secondary N) is 3. The lowest BCUT2D eigenvalue weighted by Crippen LogP contribution is -2.46. The highest BCUT2D eigenvalue weighted by Gasteiger charge is 2.14. The number of benzene rings is 1. The van der Waals surface area contributed by atoms with Gasteiger partial charge in [-0.25, -0.2) is 0 Å². The quantitative estimate of drug-likeness (QED) is 0.291. The maximum Gasteiger partial charge on any atom is 0.251 e. The molecule has 1 aliphatic carbocycles. The van der Waals surface area contributed by atoms with Crippen LogP contribution in [-0.4, -0.2) is 38.0 Å². The molecule has 0 saturated heterocycles. The van der Waals surface area contributed by atoms with Gasteiger partial charge < -0.3 is 16.0 Å². The van der Waals surface area contributed by atoms with E-state index in [1.165, 1.54) is 32.1 Å². The molecule has 0 atom stereocenters. The Morgan fingerprint density at radius 2 is 1.74 bits per heavy atom. The molecule has 23 heavy (non-hydrogen) atoms. The van der Waals surface area contributed by atoms with Gasteiger partial charge in [0, 0.05) is 31.7 Å². The smallest absolute Gasteiger partial charge is 0.251 e. The lowest BCUT2D eigenvalue weighted by molar-refractivity contribution is 0.0954. The van der Waals surface area contributed by atoms with Crippen molar-refractivity contribution >= 4 is 35.8 Å². The van der Waals surface area contributed by atoms with E-state index in [2.05, 4.69) is 20.9 Å². The van der Waals surface area contributed by atoms with E-state index in [4.69, 9.17) is 0 Å². The first-order chi connectivity index (χ1) is 10.8. The number of rotatable bonds is 5. The van der Waals surface area contributed by atoms with Gasteiger partial charge in [-0.1, -0.05) is 37.5 Å². The molecule has 5 nitrogen and oxygen atoms in total. The lowest BCUT2D eigenvalue weighted by atomic mass is 9.96. The van der Waals surface area contributed by atoms with Crippen molar-refractivity contribution in [2.45, 2.75) is 38.1 Å². The van der Waals surface area contributed by atoms with E-state index in [1.807, 2.05) is 30.3 Å². The number of amides is 1. The minimum atomic E-state index is -0.0439. The monoisotopic (exact) mass is 430 g/mol. The molecule has 1 aromatic carbocycles. The van der Waals surface area contributed by atoms with Crippen molar-refractivity contribution in [1.82, 2.24) is 16.0 Å². The first kappa shape index (κ1) is 19.7. The van der Waals surface area contributed by atoms with E-state index >= 15 is 0 Å². The average molecular weight is 430 g/mol. The summed E-state index contributed by atoms with van der Waals surface area (Å²) in [5.41, 5.74) is 0.687. The summed E-state index contributed by atoms with van der Waals surface area (Å²) in [4.78, 5) is 16.1. The minimum Gasteiger partial charge on any atom is -0.355 e. The predicted octanol–water partition coefficient (Wildman–Crippen LogP) is 2.53. The maximum absolute atomic E-state index is 11.9. The molecule has 1 amide bonds. The molecule has 0 aliphatic heterocycles. The number of aliphatic imine (C=N–C) groups is 1. The zero-order valence-electron chi connectivity index (χ0n) is 13.7. The Hall–Kier alpha value is -1.31. The van der Waals surface area contributed by atoms with Crippen LogP contribution in [0.15, 0.2) is 35.3 Å². The Labute approximate surface area is 155 Å². The van der Waals surface area contributed by atoms with Crippen LogP contribution in [0.25, 0.3) is 0 Å². The fourth-order valence-corrected chi connectivity index (χ4v) is 2.68. The van der Waals surface area contributed by atoms with Crippen molar-refractivity contribution in [3.63, 3.8) is 0 Å². The molecule has 0 heterocycles. The molecule has 0 bridgehead atoms. The van der Waals surface area contributed by atoms with Crippen molar-refractivity contribution in [2.75, 3.05) is 20.1 Å². The van der Waals surface area contributed by atoms with Gasteiger partial charge in [-0.3, -0.25) is 9.79 Å². The minimum absolute atomic E-state index is 0. The van der Waals surface area contributed by atoms with Gasteiger partial charge in [-0.15, -0.1) is 24.0 Å². The van der Waals surface area contributed by atoms with E-state index in [1.54, 1.807) is 7.05 Å². The highest BCUT2D eigenvalue weighted by Crippen LogP contribution is 2.17. The topological polar surface area (TPSA) is 65.5 Å². The molecule has 1 aliphatic rings. The molecule has 1 saturated carbocycles. The Kier molecular flexibility index (Phi) is 9.66. The highest BCUT2D eigenvalue weighted by molar-refractivity contribution is 14.0. The van der Waals surface area contributed by atoms with E-state index < -0.39 is 0 Å². The summed E-state index contributed by atoms with van der Waals surface area (Å²) < 4.78 is 0. The zero-order chi connectivity index (χ0) is 15.6. The molecule has 1 fully saturated rings. The second-order valence-electron chi connectivity index (χ2n) is 5.60. The van der Waals surface area contributed by atoms with Crippen molar-refractivity contribution in [3.8, 4) is 0 Å². The number of hydrogen-bond acceptors (Lipinski definition) is 2. The molecule has 0 radical (unpaired) electrons. The average Bonchev–Trinajstić information content (AvgIpc) is 2.59. The first-order valence-corrected chi connectivity index (χ1v) is 8.10. The largest absolute Gasteiger partial charge is 0.355 e. The van der Waals surface area contributed by atoms with Crippen molar-refractivity contribution in [3.05, 3.63) is 35.9 Å². The third-order valence-corrected chi connectivity index (χ3v) is 3.91. The van der Waals surface area contributed by atoms with Crippen molar-refractivity contribution in [1.29, 1.82) is 0 Å². The van der Waals surface area contributed by atoms with Crippen molar-refractivity contribution in [2.24, 2.45) is 4.99 Å². The third kappa shape index (κ3) is 7.20. The zero-order valence-corrected chi connectivity index (χ0v) is 16.0. The summed E-state index contributed by atoms with van der Waals surface area (Å²) in [5.74, 6) is 0.776. The number of guanidine groups is 1. The lowest BCUT2D eigenvalue weighted by Gasteiger charge is -2.24. The van der Waals surface area contributed by atoms with Gasteiger partial charge in [0.25, 0.3) is 5.91 Å². The van der Waals surface area contributed by atoms with Crippen LogP contribution in [0.5, 0.6) is 0 Å². The molecule has 2 rings (SSSR count). The molecule has 1 aromatic rings. The maximum atomic E-state index is 11.9. The van der Waals surface area contributed by atoms with Gasteiger partial charge in [0.1, 0.15) is 0 Å². The summed E-state index contributed by atoms with van der Waals surface area (Å²) in [6, 6.07) is 9.78.